The number of anilines is 1. The highest BCUT2D eigenvalue weighted by Gasteiger charge is 2.30. The molecule has 3 heterocycles. The second kappa shape index (κ2) is 8.84. The number of pyridine rings is 1. The van der Waals surface area contributed by atoms with E-state index in [1.807, 2.05) is 36.4 Å². The maximum Gasteiger partial charge on any atom is 0.225 e. The van der Waals surface area contributed by atoms with Crippen LogP contribution in [0.2, 0.25) is 0 Å². The van der Waals surface area contributed by atoms with Crippen molar-refractivity contribution in [3.05, 3.63) is 71.7 Å². The number of hydrogen-bond acceptors (Lipinski definition) is 5. The zero-order chi connectivity index (χ0) is 21.0. The minimum atomic E-state index is -0.0374. The Kier molecular flexibility index (Phi) is 5.61. The van der Waals surface area contributed by atoms with Crippen LogP contribution in [-0.2, 0) is 24.2 Å². The molecule has 6 heteroatoms. The molecule has 0 bridgehead atoms. The number of amides is 1. The van der Waals surface area contributed by atoms with Crippen LogP contribution in [0, 0.1) is 5.92 Å². The largest absolute Gasteiger partial charge is 0.355 e. The first-order chi connectivity index (χ1) is 15.3. The smallest absolute Gasteiger partial charge is 0.225 e. The predicted octanol–water partition coefficient (Wildman–Crippen LogP) is 3.56. The van der Waals surface area contributed by atoms with Gasteiger partial charge in [0.05, 0.1) is 18.2 Å². The lowest BCUT2D eigenvalue weighted by Crippen LogP contribution is -2.43. The lowest BCUT2D eigenvalue weighted by molar-refractivity contribution is -0.125. The van der Waals surface area contributed by atoms with Crippen molar-refractivity contribution in [3.8, 4) is 11.4 Å². The van der Waals surface area contributed by atoms with E-state index in [9.17, 15) is 4.79 Å². The zero-order valence-electron chi connectivity index (χ0n) is 17.6. The van der Waals surface area contributed by atoms with Crippen LogP contribution in [0.3, 0.4) is 0 Å². The van der Waals surface area contributed by atoms with Gasteiger partial charge >= 0.3 is 0 Å². The summed E-state index contributed by atoms with van der Waals surface area (Å²) in [5.41, 5.74) is 4.37. The molecule has 5 rings (SSSR count). The summed E-state index contributed by atoms with van der Waals surface area (Å²) in [6.07, 6.45) is 6.80. The van der Waals surface area contributed by atoms with Gasteiger partial charge in [0.25, 0.3) is 0 Å². The van der Waals surface area contributed by atoms with E-state index < -0.39 is 0 Å². The molecule has 1 aromatic carbocycles. The first kappa shape index (κ1) is 19.7. The van der Waals surface area contributed by atoms with E-state index in [2.05, 4.69) is 27.3 Å². The van der Waals surface area contributed by atoms with Gasteiger partial charge in [0.2, 0.25) is 5.91 Å². The van der Waals surface area contributed by atoms with Crippen molar-refractivity contribution in [2.24, 2.45) is 5.92 Å². The molecule has 1 saturated heterocycles. The highest BCUT2D eigenvalue weighted by Crippen LogP contribution is 2.33. The van der Waals surface area contributed by atoms with E-state index in [-0.39, 0.29) is 11.8 Å². The Labute approximate surface area is 182 Å². The fourth-order valence-corrected chi connectivity index (χ4v) is 4.60. The third kappa shape index (κ3) is 4.29. The van der Waals surface area contributed by atoms with Crippen molar-refractivity contribution in [1.29, 1.82) is 0 Å². The summed E-state index contributed by atoms with van der Waals surface area (Å²) in [6.45, 7) is 2.10. The quantitative estimate of drug-likeness (QED) is 0.693. The zero-order valence-corrected chi connectivity index (χ0v) is 17.6. The first-order valence-corrected chi connectivity index (χ1v) is 11.2. The number of nitrogens with one attached hydrogen (secondary N) is 1. The molecule has 2 aromatic heterocycles. The molecule has 0 radical (unpaired) electrons. The van der Waals surface area contributed by atoms with Crippen molar-refractivity contribution in [2.75, 3.05) is 18.0 Å². The number of aromatic nitrogens is 3. The van der Waals surface area contributed by atoms with E-state index in [4.69, 9.17) is 9.97 Å². The van der Waals surface area contributed by atoms with E-state index in [0.29, 0.717) is 13.1 Å². The molecule has 1 aliphatic carbocycles. The summed E-state index contributed by atoms with van der Waals surface area (Å²) < 4.78 is 0. The van der Waals surface area contributed by atoms with Crippen molar-refractivity contribution < 1.29 is 4.79 Å². The van der Waals surface area contributed by atoms with Crippen molar-refractivity contribution in [2.45, 2.75) is 38.6 Å². The molecule has 0 saturated carbocycles. The van der Waals surface area contributed by atoms with Crippen LogP contribution < -0.4 is 10.2 Å². The van der Waals surface area contributed by atoms with Gasteiger partial charge < -0.3 is 10.2 Å². The Bertz CT molecular complexity index is 1050. The Hall–Kier alpha value is -3.28. The number of nitrogens with zero attached hydrogens (tertiary/aromatic N) is 4. The Morgan fingerprint density at radius 3 is 2.74 bits per heavy atom. The molecule has 0 spiro atoms. The minimum absolute atomic E-state index is 0.0374. The third-order valence-electron chi connectivity index (χ3n) is 6.20. The lowest BCUT2D eigenvalue weighted by atomic mass is 9.96. The fraction of sp³-hybridized carbons (Fsp3) is 0.360. The van der Waals surface area contributed by atoms with Gasteiger partial charge in [-0.25, -0.2) is 9.97 Å². The van der Waals surface area contributed by atoms with Gasteiger partial charge in [-0.2, -0.15) is 0 Å². The molecule has 1 atom stereocenters. The average molecular weight is 414 g/mol. The maximum absolute atomic E-state index is 12.9. The summed E-state index contributed by atoms with van der Waals surface area (Å²) >= 11 is 0. The Morgan fingerprint density at radius 2 is 1.90 bits per heavy atom. The van der Waals surface area contributed by atoms with Crippen LogP contribution in [0.25, 0.3) is 11.4 Å². The first-order valence-electron chi connectivity index (χ1n) is 11.2. The van der Waals surface area contributed by atoms with Gasteiger partial charge in [-0.15, -0.1) is 0 Å². The summed E-state index contributed by atoms with van der Waals surface area (Å²) in [4.78, 5) is 29.3. The van der Waals surface area contributed by atoms with Crippen molar-refractivity contribution in [3.63, 3.8) is 0 Å². The number of rotatable bonds is 5. The van der Waals surface area contributed by atoms with Gasteiger partial charge in [0, 0.05) is 36.1 Å². The molecule has 3 aromatic rings. The number of carbonyl (C=O) groups is 1. The normalized spacial score (nSPS) is 17.9. The molecule has 1 fully saturated rings. The predicted molar refractivity (Wildman–Crippen MR) is 121 cm³/mol. The van der Waals surface area contributed by atoms with Crippen LogP contribution in [0.15, 0.2) is 54.7 Å². The van der Waals surface area contributed by atoms with Crippen LogP contribution in [0.5, 0.6) is 0 Å². The molecule has 1 amide bonds. The average Bonchev–Trinajstić information content (AvgIpc) is 3.32. The number of carbonyl (C=O) groups excluding carboxylic acids is 1. The number of benzene rings is 1. The highest BCUT2D eigenvalue weighted by atomic mass is 16.1. The number of piperidine rings is 1. The Morgan fingerprint density at radius 1 is 1.03 bits per heavy atom. The molecule has 31 heavy (non-hydrogen) atoms. The molecule has 1 N–H and O–H groups in total. The second-order valence-electron chi connectivity index (χ2n) is 8.34. The molecule has 1 aliphatic heterocycles. The minimum Gasteiger partial charge on any atom is -0.355 e. The molecular formula is C25H27N5O. The maximum atomic E-state index is 12.9. The van der Waals surface area contributed by atoms with E-state index in [0.717, 1.165) is 61.5 Å². The van der Waals surface area contributed by atoms with Crippen LogP contribution in [-0.4, -0.2) is 33.9 Å². The monoisotopic (exact) mass is 413 g/mol. The number of fused-ring (bicyclic) bond motifs is 1. The van der Waals surface area contributed by atoms with Crippen LogP contribution in [0.4, 0.5) is 5.82 Å². The Balaban J connectivity index is 1.35. The summed E-state index contributed by atoms with van der Waals surface area (Å²) in [5.74, 6) is 1.88. The van der Waals surface area contributed by atoms with E-state index >= 15 is 0 Å². The van der Waals surface area contributed by atoms with E-state index in [1.54, 1.807) is 6.20 Å². The third-order valence-corrected chi connectivity index (χ3v) is 6.20. The van der Waals surface area contributed by atoms with Gasteiger partial charge in [-0.05, 0) is 44.2 Å². The lowest BCUT2D eigenvalue weighted by Gasteiger charge is -2.34. The second-order valence-corrected chi connectivity index (χ2v) is 8.34. The van der Waals surface area contributed by atoms with Crippen LogP contribution >= 0.6 is 0 Å². The topological polar surface area (TPSA) is 71.0 Å². The van der Waals surface area contributed by atoms with E-state index in [1.165, 1.54) is 11.3 Å². The van der Waals surface area contributed by atoms with Gasteiger partial charge in [-0.1, -0.05) is 36.4 Å². The van der Waals surface area contributed by atoms with Crippen molar-refractivity contribution in [1.82, 2.24) is 20.3 Å². The molecule has 158 valence electrons. The summed E-state index contributed by atoms with van der Waals surface area (Å²) in [5, 5.41) is 3.07. The van der Waals surface area contributed by atoms with Gasteiger partial charge in [-0.3, -0.25) is 9.78 Å². The van der Waals surface area contributed by atoms with Crippen LogP contribution in [0.1, 0.15) is 36.2 Å². The standard InChI is InChI=1S/C25H27N5O/c31-25(27-16-20-11-4-5-14-26-20)19-10-7-15-30(17-19)24-21-12-6-13-22(21)28-23(29-24)18-8-2-1-3-9-18/h1-5,8-9,11,14,19H,6-7,10,12-13,15-17H2,(H,27,31). The van der Waals surface area contributed by atoms with Gasteiger partial charge in [0.1, 0.15) is 5.82 Å². The highest BCUT2D eigenvalue weighted by molar-refractivity contribution is 5.79. The molecule has 2 aliphatic rings. The molecule has 1 unspecified atom stereocenters. The van der Waals surface area contributed by atoms with Crippen molar-refractivity contribution >= 4 is 11.7 Å². The molecule has 6 nitrogen and oxygen atoms in total. The number of hydrogen-bond donors (Lipinski definition) is 1. The SMILES string of the molecule is O=C(NCc1ccccn1)C1CCCN(c2nc(-c3ccccc3)nc3c2CCC3)C1. The summed E-state index contributed by atoms with van der Waals surface area (Å²) in [6, 6.07) is 15.9. The molecular weight excluding hydrogens is 386 g/mol. The fourth-order valence-electron chi connectivity index (χ4n) is 4.60. The number of aryl methyl sites for hydroxylation is 1. The van der Waals surface area contributed by atoms with Gasteiger partial charge in [0.15, 0.2) is 5.82 Å². The summed E-state index contributed by atoms with van der Waals surface area (Å²) in [7, 11) is 0.